The maximum Gasteiger partial charge on any atom is 0.204 e. The fourth-order valence-corrected chi connectivity index (χ4v) is 2.58. The number of hydrogen-bond acceptors (Lipinski definition) is 5. The highest BCUT2D eigenvalue weighted by molar-refractivity contribution is 5.52. The Morgan fingerprint density at radius 2 is 2.05 bits per heavy atom. The summed E-state index contributed by atoms with van der Waals surface area (Å²) in [6.07, 6.45) is 2.65. The summed E-state index contributed by atoms with van der Waals surface area (Å²) in [6.45, 7) is 4.68. The van der Waals surface area contributed by atoms with Crippen molar-refractivity contribution in [2.75, 3.05) is 13.1 Å². The van der Waals surface area contributed by atoms with Crippen LogP contribution in [0, 0.1) is 0 Å². The van der Waals surface area contributed by atoms with Crippen molar-refractivity contribution >= 4 is 0 Å². The standard InChI is InChI=1S/C15H21N5O/c1-2-16-10-13-8-9-14(21-13)11-20-18-15(17-19-20)12-6-4-3-5-7-12/h3-7,13-14,16H,2,8-11H2,1H3. The van der Waals surface area contributed by atoms with Crippen LogP contribution in [0.3, 0.4) is 0 Å². The molecule has 0 radical (unpaired) electrons. The first-order chi connectivity index (χ1) is 10.3. The summed E-state index contributed by atoms with van der Waals surface area (Å²) in [6, 6.07) is 9.90. The predicted octanol–water partition coefficient (Wildman–Crippen LogP) is 1.50. The smallest absolute Gasteiger partial charge is 0.204 e. The van der Waals surface area contributed by atoms with Crippen molar-refractivity contribution in [1.82, 2.24) is 25.5 Å². The van der Waals surface area contributed by atoms with E-state index in [-0.39, 0.29) is 6.10 Å². The van der Waals surface area contributed by atoms with Gasteiger partial charge in [-0.25, -0.2) is 0 Å². The van der Waals surface area contributed by atoms with Crippen molar-refractivity contribution in [3.63, 3.8) is 0 Å². The highest BCUT2D eigenvalue weighted by atomic mass is 16.5. The van der Waals surface area contributed by atoms with E-state index in [2.05, 4.69) is 27.7 Å². The molecule has 1 aromatic heterocycles. The number of likely N-dealkylation sites (N-methyl/N-ethyl adjacent to an activating group) is 1. The molecule has 1 N–H and O–H groups in total. The molecule has 6 heteroatoms. The molecule has 3 rings (SSSR count). The summed E-state index contributed by atoms with van der Waals surface area (Å²) in [5, 5.41) is 16.0. The molecule has 0 amide bonds. The fraction of sp³-hybridized carbons (Fsp3) is 0.533. The summed E-state index contributed by atoms with van der Waals surface area (Å²) in [7, 11) is 0. The molecule has 0 aliphatic carbocycles. The third kappa shape index (κ3) is 3.65. The van der Waals surface area contributed by atoms with Crippen LogP contribution in [0.4, 0.5) is 0 Å². The number of tetrazole rings is 1. The van der Waals surface area contributed by atoms with Crippen molar-refractivity contribution in [3.05, 3.63) is 30.3 Å². The van der Waals surface area contributed by atoms with Crippen molar-refractivity contribution in [1.29, 1.82) is 0 Å². The summed E-state index contributed by atoms with van der Waals surface area (Å²) < 4.78 is 5.99. The number of hydrogen-bond donors (Lipinski definition) is 1. The molecule has 6 nitrogen and oxygen atoms in total. The Morgan fingerprint density at radius 1 is 1.24 bits per heavy atom. The van der Waals surface area contributed by atoms with Gasteiger partial charge in [-0.1, -0.05) is 37.3 Å². The Hall–Kier alpha value is -1.79. The van der Waals surface area contributed by atoms with E-state index in [9.17, 15) is 0 Å². The summed E-state index contributed by atoms with van der Waals surface area (Å²) >= 11 is 0. The topological polar surface area (TPSA) is 64.9 Å². The lowest BCUT2D eigenvalue weighted by Gasteiger charge is -2.13. The van der Waals surface area contributed by atoms with Gasteiger partial charge in [0.05, 0.1) is 18.8 Å². The van der Waals surface area contributed by atoms with Crippen LogP contribution in [0.5, 0.6) is 0 Å². The van der Waals surface area contributed by atoms with E-state index >= 15 is 0 Å². The van der Waals surface area contributed by atoms with E-state index in [1.165, 1.54) is 0 Å². The third-order valence-corrected chi connectivity index (χ3v) is 3.67. The second-order valence-corrected chi connectivity index (χ2v) is 5.30. The Balaban J connectivity index is 1.56. The first-order valence-corrected chi connectivity index (χ1v) is 7.54. The molecule has 21 heavy (non-hydrogen) atoms. The summed E-state index contributed by atoms with van der Waals surface area (Å²) in [4.78, 5) is 1.64. The highest BCUT2D eigenvalue weighted by Gasteiger charge is 2.25. The van der Waals surface area contributed by atoms with E-state index in [0.29, 0.717) is 18.5 Å². The number of nitrogens with one attached hydrogen (secondary N) is 1. The van der Waals surface area contributed by atoms with Gasteiger partial charge >= 0.3 is 0 Å². The van der Waals surface area contributed by atoms with Crippen molar-refractivity contribution in [3.8, 4) is 11.4 Å². The SMILES string of the molecule is CCNCC1CCC(Cn2nnc(-c3ccccc3)n2)O1. The molecule has 2 aromatic rings. The van der Waals surface area contributed by atoms with E-state index in [4.69, 9.17) is 4.74 Å². The van der Waals surface area contributed by atoms with Gasteiger partial charge in [-0.05, 0) is 24.6 Å². The zero-order valence-electron chi connectivity index (χ0n) is 12.3. The Labute approximate surface area is 124 Å². The molecule has 1 aromatic carbocycles. The van der Waals surface area contributed by atoms with Crippen molar-refractivity contribution < 1.29 is 4.74 Å². The average molecular weight is 287 g/mol. The van der Waals surface area contributed by atoms with Crippen LogP contribution in [-0.2, 0) is 11.3 Å². The molecule has 1 aliphatic rings. The number of nitrogens with zero attached hydrogens (tertiary/aromatic N) is 4. The average Bonchev–Trinajstić information content (AvgIpc) is 3.16. The van der Waals surface area contributed by atoms with Gasteiger partial charge in [0.2, 0.25) is 5.82 Å². The molecule has 0 spiro atoms. The van der Waals surface area contributed by atoms with Gasteiger partial charge in [0, 0.05) is 12.1 Å². The highest BCUT2D eigenvalue weighted by Crippen LogP contribution is 2.20. The lowest BCUT2D eigenvalue weighted by atomic mass is 10.2. The monoisotopic (exact) mass is 287 g/mol. The molecular weight excluding hydrogens is 266 g/mol. The van der Waals surface area contributed by atoms with Gasteiger partial charge in [0.25, 0.3) is 0 Å². The van der Waals surface area contributed by atoms with Crippen molar-refractivity contribution in [2.45, 2.75) is 38.5 Å². The molecular formula is C15H21N5O. The lowest BCUT2D eigenvalue weighted by molar-refractivity contribution is 0.0318. The molecule has 0 saturated carbocycles. The number of aromatic nitrogens is 4. The Kier molecular flexibility index (Phi) is 4.57. The van der Waals surface area contributed by atoms with Gasteiger partial charge in [0.1, 0.15) is 0 Å². The van der Waals surface area contributed by atoms with E-state index in [1.807, 2.05) is 30.3 Å². The van der Waals surface area contributed by atoms with Gasteiger partial charge < -0.3 is 10.1 Å². The van der Waals surface area contributed by atoms with Crippen LogP contribution in [0.25, 0.3) is 11.4 Å². The summed E-state index contributed by atoms with van der Waals surface area (Å²) in [5.41, 5.74) is 0.987. The first-order valence-electron chi connectivity index (χ1n) is 7.54. The maximum absolute atomic E-state index is 5.99. The molecule has 1 aliphatic heterocycles. The van der Waals surface area contributed by atoms with Crippen molar-refractivity contribution in [2.24, 2.45) is 0 Å². The second-order valence-electron chi connectivity index (χ2n) is 5.30. The van der Waals surface area contributed by atoms with Gasteiger partial charge in [-0.2, -0.15) is 4.80 Å². The largest absolute Gasteiger partial charge is 0.372 e. The molecule has 2 atom stereocenters. The number of ether oxygens (including phenoxy) is 1. The van der Waals surface area contributed by atoms with Gasteiger partial charge in [-0.15, -0.1) is 10.2 Å². The van der Waals surface area contributed by atoms with E-state index in [1.54, 1.807) is 4.80 Å². The number of benzene rings is 1. The van der Waals surface area contributed by atoms with Crippen LogP contribution in [0.2, 0.25) is 0 Å². The van der Waals surface area contributed by atoms with E-state index < -0.39 is 0 Å². The summed E-state index contributed by atoms with van der Waals surface area (Å²) in [5.74, 6) is 0.665. The van der Waals surface area contributed by atoms with Crippen LogP contribution in [-0.4, -0.2) is 45.5 Å². The van der Waals surface area contributed by atoms with E-state index in [0.717, 1.165) is 31.5 Å². The predicted molar refractivity (Wildman–Crippen MR) is 79.7 cm³/mol. The Morgan fingerprint density at radius 3 is 2.86 bits per heavy atom. The van der Waals surface area contributed by atoms with Crippen LogP contribution in [0.1, 0.15) is 19.8 Å². The maximum atomic E-state index is 5.99. The lowest BCUT2D eigenvalue weighted by Crippen LogP contribution is -2.28. The molecule has 1 saturated heterocycles. The first kappa shape index (κ1) is 14.2. The molecule has 112 valence electrons. The molecule has 1 fully saturated rings. The fourth-order valence-electron chi connectivity index (χ4n) is 2.58. The normalized spacial score (nSPS) is 21.8. The zero-order chi connectivity index (χ0) is 14.5. The third-order valence-electron chi connectivity index (χ3n) is 3.67. The number of rotatable bonds is 6. The van der Waals surface area contributed by atoms with Crippen LogP contribution >= 0.6 is 0 Å². The quantitative estimate of drug-likeness (QED) is 0.872. The van der Waals surface area contributed by atoms with Crippen LogP contribution < -0.4 is 5.32 Å². The van der Waals surface area contributed by atoms with Gasteiger partial charge in [-0.3, -0.25) is 0 Å². The Bertz CT molecular complexity index is 556. The van der Waals surface area contributed by atoms with Crippen LogP contribution in [0.15, 0.2) is 30.3 Å². The minimum absolute atomic E-state index is 0.187. The second kappa shape index (κ2) is 6.78. The van der Waals surface area contributed by atoms with Gasteiger partial charge in [0.15, 0.2) is 0 Å². The molecule has 2 heterocycles. The molecule has 2 unspecified atom stereocenters. The molecule has 0 bridgehead atoms. The minimum Gasteiger partial charge on any atom is -0.372 e. The zero-order valence-corrected chi connectivity index (χ0v) is 12.3. The minimum atomic E-state index is 0.187.